The van der Waals surface area contributed by atoms with Gasteiger partial charge in [0.15, 0.2) is 5.58 Å². The molecule has 4 heteroatoms. The van der Waals surface area contributed by atoms with E-state index in [1.54, 1.807) is 12.4 Å². The van der Waals surface area contributed by atoms with E-state index in [1.807, 2.05) is 18.2 Å². The highest BCUT2D eigenvalue weighted by atomic mass is 16.3. The Morgan fingerprint density at radius 2 is 1.46 bits per heavy atom. The summed E-state index contributed by atoms with van der Waals surface area (Å²) in [4.78, 5) is 9.18. The first-order valence-electron chi connectivity index (χ1n) is 13.3. The summed E-state index contributed by atoms with van der Waals surface area (Å²) < 4.78 is 9.16. The molecule has 0 amide bonds. The third-order valence-electron chi connectivity index (χ3n) is 8.06. The molecule has 7 aromatic rings. The molecule has 0 saturated heterocycles. The van der Waals surface area contributed by atoms with Gasteiger partial charge in [-0.15, -0.1) is 0 Å². The lowest BCUT2D eigenvalue weighted by molar-refractivity contribution is 0.466. The summed E-state index contributed by atoms with van der Waals surface area (Å²) in [6, 6.07) is 36.0. The summed E-state index contributed by atoms with van der Waals surface area (Å²) in [5, 5.41) is 1.13. The van der Waals surface area contributed by atoms with Crippen LogP contribution in [0.4, 0.5) is 0 Å². The second-order valence-corrected chi connectivity index (χ2v) is 10.7. The molecule has 0 fully saturated rings. The minimum atomic E-state index is -0.253. The van der Waals surface area contributed by atoms with Crippen molar-refractivity contribution < 1.29 is 4.42 Å². The van der Waals surface area contributed by atoms with Crippen LogP contribution in [0.5, 0.6) is 0 Å². The van der Waals surface area contributed by atoms with Gasteiger partial charge in [0.05, 0.1) is 16.9 Å². The Morgan fingerprint density at radius 3 is 2.28 bits per heavy atom. The largest absolute Gasteiger partial charge is 0.457 e. The fraction of sp³-hybridized carbons (Fsp3) is 0.0857. The Morgan fingerprint density at radius 1 is 0.718 bits per heavy atom. The van der Waals surface area contributed by atoms with Gasteiger partial charge in [0, 0.05) is 45.6 Å². The molecule has 0 aliphatic heterocycles. The first-order chi connectivity index (χ1) is 19.1. The highest BCUT2D eigenvalue weighted by Crippen LogP contribution is 2.55. The molecular formula is C35H25N3O. The van der Waals surface area contributed by atoms with E-state index >= 15 is 0 Å². The number of benzene rings is 3. The van der Waals surface area contributed by atoms with Gasteiger partial charge in [-0.2, -0.15) is 0 Å². The van der Waals surface area contributed by atoms with Crippen molar-refractivity contribution in [3.05, 3.63) is 127 Å². The number of pyridine rings is 2. The zero-order valence-corrected chi connectivity index (χ0v) is 21.7. The quantitative estimate of drug-likeness (QED) is 0.242. The molecule has 4 nitrogen and oxygen atoms in total. The van der Waals surface area contributed by atoms with E-state index in [-0.39, 0.29) is 5.41 Å². The molecule has 4 aromatic heterocycles. The molecule has 4 heterocycles. The molecule has 1 aliphatic carbocycles. The lowest BCUT2D eigenvalue weighted by atomic mass is 9.85. The second-order valence-electron chi connectivity index (χ2n) is 10.7. The summed E-state index contributed by atoms with van der Waals surface area (Å²) in [5.74, 6) is 1.02. The average molecular weight is 504 g/mol. The Balaban J connectivity index is 1.39. The average Bonchev–Trinajstić information content (AvgIpc) is 3.60. The van der Waals surface area contributed by atoms with Gasteiger partial charge in [0.2, 0.25) is 0 Å². The van der Waals surface area contributed by atoms with E-state index in [0.29, 0.717) is 0 Å². The Labute approximate surface area is 226 Å². The monoisotopic (exact) mass is 503 g/mol. The van der Waals surface area contributed by atoms with Crippen molar-refractivity contribution in [2.45, 2.75) is 19.3 Å². The molecule has 39 heavy (non-hydrogen) atoms. The molecule has 0 unspecified atom stereocenters. The highest BCUT2D eigenvalue weighted by molar-refractivity contribution is 6.13. The predicted molar refractivity (Wildman–Crippen MR) is 157 cm³/mol. The van der Waals surface area contributed by atoms with Gasteiger partial charge < -0.3 is 8.98 Å². The van der Waals surface area contributed by atoms with E-state index in [4.69, 9.17) is 9.40 Å². The van der Waals surface area contributed by atoms with Crippen LogP contribution in [0.1, 0.15) is 25.2 Å². The molecule has 186 valence electrons. The molecule has 0 saturated carbocycles. The van der Waals surface area contributed by atoms with Crippen molar-refractivity contribution in [2.75, 3.05) is 0 Å². The Bertz CT molecular complexity index is 2030. The standard InChI is InChI=1S/C35H25N3O/c1-35(2)27-16-15-23(29-13-8-12-28(37-29)22-17-19-36-20-18-22)21-26(27)31-32-33(39-34(31)35)25-11-6-7-14-30(25)38(32)24-9-4-3-5-10-24/h3-21H,1-2H3. The van der Waals surface area contributed by atoms with Gasteiger partial charge >= 0.3 is 0 Å². The molecular weight excluding hydrogens is 478 g/mol. The predicted octanol–water partition coefficient (Wildman–Crippen LogP) is 8.81. The van der Waals surface area contributed by atoms with Gasteiger partial charge in [0.1, 0.15) is 11.3 Å². The summed E-state index contributed by atoms with van der Waals surface area (Å²) in [6.45, 7) is 4.52. The minimum absolute atomic E-state index is 0.253. The van der Waals surface area contributed by atoms with Crippen molar-refractivity contribution in [3.63, 3.8) is 0 Å². The van der Waals surface area contributed by atoms with Gasteiger partial charge in [-0.3, -0.25) is 4.98 Å². The lowest BCUT2D eigenvalue weighted by Crippen LogP contribution is -2.14. The number of fused-ring (bicyclic) bond motifs is 7. The van der Waals surface area contributed by atoms with Crippen LogP contribution >= 0.6 is 0 Å². The molecule has 0 spiro atoms. The summed E-state index contributed by atoms with van der Waals surface area (Å²) >= 11 is 0. The third kappa shape index (κ3) is 3.12. The van der Waals surface area contributed by atoms with E-state index in [9.17, 15) is 0 Å². The van der Waals surface area contributed by atoms with Crippen molar-refractivity contribution in [1.29, 1.82) is 0 Å². The zero-order valence-electron chi connectivity index (χ0n) is 21.7. The first kappa shape index (κ1) is 22.1. The second kappa shape index (κ2) is 8.02. The molecule has 8 rings (SSSR count). The Hall–Kier alpha value is -4.96. The first-order valence-corrected chi connectivity index (χ1v) is 13.3. The molecule has 3 aromatic carbocycles. The molecule has 1 aliphatic rings. The van der Waals surface area contributed by atoms with E-state index in [0.717, 1.165) is 56.0 Å². The van der Waals surface area contributed by atoms with Gasteiger partial charge in [-0.05, 0) is 79.6 Å². The van der Waals surface area contributed by atoms with Crippen LogP contribution in [-0.2, 0) is 5.41 Å². The van der Waals surface area contributed by atoms with Crippen LogP contribution in [0.3, 0.4) is 0 Å². The topological polar surface area (TPSA) is 43.9 Å². The minimum Gasteiger partial charge on any atom is -0.457 e. The number of furan rings is 1. The van der Waals surface area contributed by atoms with Crippen molar-refractivity contribution in [3.8, 4) is 39.3 Å². The molecule has 0 N–H and O–H groups in total. The number of aromatic nitrogens is 3. The van der Waals surface area contributed by atoms with E-state index < -0.39 is 0 Å². The zero-order chi connectivity index (χ0) is 26.1. The third-order valence-corrected chi connectivity index (χ3v) is 8.06. The van der Waals surface area contributed by atoms with Crippen LogP contribution in [0.15, 0.2) is 120 Å². The van der Waals surface area contributed by atoms with Crippen molar-refractivity contribution >= 4 is 22.0 Å². The Kier molecular flexibility index (Phi) is 4.54. The molecule has 0 atom stereocenters. The van der Waals surface area contributed by atoms with Gasteiger partial charge in [0.25, 0.3) is 0 Å². The fourth-order valence-corrected chi connectivity index (χ4v) is 6.19. The summed E-state index contributed by atoms with van der Waals surface area (Å²) in [7, 11) is 0. The smallest absolute Gasteiger partial charge is 0.161 e. The molecule has 0 bridgehead atoms. The maximum Gasteiger partial charge on any atom is 0.161 e. The van der Waals surface area contributed by atoms with E-state index in [1.165, 1.54) is 16.7 Å². The SMILES string of the molecule is CC1(C)c2ccc(-c3cccc(-c4ccncc4)n3)cc2-c2c1oc1c3ccccc3n(-c3ccccc3)c21. The van der Waals surface area contributed by atoms with Gasteiger partial charge in [-0.25, -0.2) is 4.98 Å². The van der Waals surface area contributed by atoms with Gasteiger partial charge in [-0.1, -0.05) is 48.5 Å². The molecule has 0 radical (unpaired) electrons. The maximum absolute atomic E-state index is 6.80. The van der Waals surface area contributed by atoms with Crippen LogP contribution in [0.2, 0.25) is 0 Å². The number of hydrogen-bond acceptors (Lipinski definition) is 3. The fourth-order valence-electron chi connectivity index (χ4n) is 6.19. The van der Waals surface area contributed by atoms with Crippen molar-refractivity contribution in [1.82, 2.24) is 14.5 Å². The maximum atomic E-state index is 6.80. The normalized spacial score (nSPS) is 13.6. The number of nitrogens with zero attached hydrogens (tertiary/aromatic N) is 3. The summed E-state index contributed by atoms with van der Waals surface area (Å²) in [5.41, 5.74) is 11.8. The van der Waals surface area contributed by atoms with E-state index in [2.05, 4.69) is 108 Å². The van der Waals surface area contributed by atoms with Crippen molar-refractivity contribution in [2.24, 2.45) is 0 Å². The number of hydrogen-bond donors (Lipinski definition) is 0. The summed E-state index contributed by atoms with van der Waals surface area (Å²) in [6.07, 6.45) is 3.61. The highest BCUT2D eigenvalue weighted by Gasteiger charge is 2.42. The van der Waals surface area contributed by atoms with Crippen LogP contribution < -0.4 is 0 Å². The van der Waals surface area contributed by atoms with Crippen LogP contribution in [-0.4, -0.2) is 14.5 Å². The van der Waals surface area contributed by atoms with Crippen LogP contribution in [0, 0.1) is 0 Å². The lowest BCUT2D eigenvalue weighted by Gasteiger charge is -2.19. The number of para-hydroxylation sites is 2. The number of rotatable bonds is 3. The van der Waals surface area contributed by atoms with Crippen LogP contribution in [0.25, 0.3) is 61.3 Å².